The van der Waals surface area contributed by atoms with E-state index in [0.717, 1.165) is 15.8 Å². The number of amides is 1. The third-order valence-corrected chi connectivity index (χ3v) is 4.26. The molecule has 1 heterocycles. The summed E-state index contributed by atoms with van der Waals surface area (Å²) in [7, 11) is 0. The van der Waals surface area contributed by atoms with E-state index in [4.69, 9.17) is 9.47 Å². The van der Waals surface area contributed by atoms with E-state index in [0.29, 0.717) is 25.6 Å². The number of carbonyl (C=O) groups excluding carboxylic acids is 1. The van der Waals surface area contributed by atoms with Crippen molar-refractivity contribution in [2.24, 2.45) is 5.92 Å². The van der Waals surface area contributed by atoms with Crippen LogP contribution in [0.5, 0.6) is 5.75 Å². The van der Waals surface area contributed by atoms with Crippen molar-refractivity contribution in [2.45, 2.75) is 33.3 Å². The molecule has 1 fully saturated rings. The molecule has 0 saturated carbocycles. The predicted molar refractivity (Wildman–Crippen MR) is 85.7 cm³/mol. The fourth-order valence-corrected chi connectivity index (χ4v) is 2.47. The first-order chi connectivity index (χ1) is 9.76. The van der Waals surface area contributed by atoms with Crippen LogP contribution in [0.25, 0.3) is 0 Å². The largest absolute Gasteiger partial charge is 0.492 e. The molecule has 1 aromatic carbocycles. The molecule has 21 heavy (non-hydrogen) atoms. The van der Waals surface area contributed by atoms with E-state index in [1.807, 2.05) is 45.9 Å². The van der Waals surface area contributed by atoms with Crippen LogP contribution in [0.1, 0.15) is 26.3 Å². The molecule has 1 aromatic rings. The molecule has 0 radical (unpaired) electrons. The van der Waals surface area contributed by atoms with Gasteiger partial charge in [-0.3, -0.25) is 0 Å². The summed E-state index contributed by atoms with van der Waals surface area (Å²) in [6.07, 6.45) is -0.240. The maximum Gasteiger partial charge on any atom is 0.410 e. The number of carbonyl (C=O) groups is 1. The monoisotopic (exact) mass is 355 g/mol. The molecule has 2 rings (SSSR count). The second-order valence-electron chi connectivity index (χ2n) is 6.45. The van der Waals surface area contributed by atoms with Crippen LogP contribution in [0.3, 0.4) is 0 Å². The van der Waals surface area contributed by atoms with Crippen LogP contribution < -0.4 is 4.74 Å². The van der Waals surface area contributed by atoms with Gasteiger partial charge < -0.3 is 14.4 Å². The summed E-state index contributed by atoms with van der Waals surface area (Å²) in [6, 6.07) is 5.95. The Kier molecular flexibility index (Phi) is 4.81. The Bertz CT molecular complexity index is 519. The van der Waals surface area contributed by atoms with E-state index in [2.05, 4.69) is 15.9 Å². The number of hydrogen-bond donors (Lipinski definition) is 0. The van der Waals surface area contributed by atoms with Gasteiger partial charge in [0.2, 0.25) is 0 Å². The molecule has 0 aliphatic carbocycles. The molecule has 5 heteroatoms. The van der Waals surface area contributed by atoms with Crippen molar-refractivity contribution < 1.29 is 14.3 Å². The van der Waals surface area contributed by atoms with Gasteiger partial charge in [-0.05, 0) is 55.3 Å². The summed E-state index contributed by atoms with van der Waals surface area (Å²) in [4.78, 5) is 13.5. The highest BCUT2D eigenvalue weighted by Crippen LogP contribution is 2.29. The number of halogens is 1. The number of nitrogens with zero attached hydrogens (tertiary/aromatic N) is 1. The summed E-state index contributed by atoms with van der Waals surface area (Å²) >= 11 is 3.53. The van der Waals surface area contributed by atoms with E-state index in [9.17, 15) is 4.79 Å². The van der Waals surface area contributed by atoms with Gasteiger partial charge in [0.05, 0.1) is 11.1 Å². The minimum Gasteiger partial charge on any atom is -0.492 e. The molecule has 0 bridgehead atoms. The third kappa shape index (κ3) is 4.37. The van der Waals surface area contributed by atoms with Gasteiger partial charge in [-0.25, -0.2) is 4.79 Å². The lowest BCUT2D eigenvalue weighted by Crippen LogP contribution is -2.53. The van der Waals surface area contributed by atoms with E-state index >= 15 is 0 Å². The van der Waals surface area contributed by atoms with Gasteiger partial charge in [-0.1, -0.05) is 12.1 Å². The lowest BCUT2D eigenvalue weighted by Gasteiger charge is -2.39. The molecule has 1 aliphatic rings. The molecule has 1 aliphatic heterocycles. The van der Waals surface area contributed by atoms with Crippen LogP contribution in [0.15, 0.2) is 22.7 Å². The Morgan fingerprint density at radius 1 is 1.38 bits per heavy atom. The van der Waals surface area contributed by atoms with Crippen molar-refractivity contribution in [3.8, 4) is 5.75 Å². The zero-order valence-corrected chi connectivity index (χ0v) is 14.6. The van der Waals surface area contributed by atoms with Crippen LogP contribution in [0.2, 0.25) is 0 Å². The Labute approximate surface area is 134 Å². The quantitative estimate of drug-likeness (QED) is 0.822. The fraction of sp³-hybridized carbons (Fsp3) is 0.562. The maximum atomic E-state index is 11.8. The number of hydrogen-bond acceptors (Lipinski definition) is 3. The molecule has 4 nitrogen and oxygen atoms in total. The standard InChI is InChI=1S/C16H22BrNO3/c1-11-6-5-7-13(14(11)17)20-10-12-8-18(9-12)15(19)21-16(2,3)4/h5-7,12H,8-10H2,1-4H3. The van der Waals surface area contributed by atoms with E-state index in [-0.39, 0.29) is 6.09 Å². The first kappa shape index (κ1) is 16.1. The van der Waals surface area contributed by atoms with Gasteiger partial charge in [-0.2, -0.15) is 0 Å². The van der Waals surface area contributed by atoms with Crippen molar-refractivity contribution in [3.63, 3.8) is 0 Å². The van der Waals surface area contributed by atoms with E-state index in [1.165, 1.54) is 0 Å². The highest BCUT2D eigenvalue weighted by atomic mass is 79.9. The van der Waals surface area contributed by atoms with Crippen LogP contribution in [-0.4, -0.2) is 36.3 Å². The second-order valence-corrected chi connectivity index (χ2v) is 7.24. The zero-order chi connectivity index (χ0) is 15.6. The predicted octanol–water partition coefficient (Wildman–Crippen LogP) is 4.00. The number of aryl methyl sites for hydroxylation is 1. The van der Waals surface area contributed by atoms with Crippen molar-refractivity contribution in [1.82, 2.24) is 4.90 Å². The zero-order valence-electron chi connectivity index (χ0n) is 13.0. The van der Waals surface area contributed by atoms with Gasteiger partial charge >= 0.3 is 6.09 Å². The normalized spacial score (nSPS) is 15.6. The summed E-state index contributed by atoms with van der Waals surface area (Å²) in [5.74, 6) is 1.22. The van der Waals surface area contributed by atoms with Crippen LogP contribution in [-0.2, 0) is 4.74 Å². The summed E-state index contributed by atoms with van der Waals surface area (Å²) in [5, 5.41) is 0. The van der Waals surface area contributed by atoms with E-state index < -0.39 is 5.60 Å². The Morgan fingerprint density at radius 2 is 2.05 bits per heavy atom. The van der Waals surface area contributed by atoms with Crippen LogP contribution >= 0.6 is 15.9 Å². The molecule has 0 aromatic heterocycles. The number of benzene rings is 1. The fourth-order valence-electron chi connectivity index (χ4n) is 2.09. The highest BCUT2D eigenvalue weighted by molar-refractivity contribution is 9.10. The van der Waals surface area contributed by atoms with Crippen molar-refractivity contribution in [2.75, 3.05) is 19.7 Å². The molecule has 0 atom stereocenters. The topological polar surface area (TPSA) is 38.8 Å². The number of rotatable bonds is 3. The number of likely N-dealkylation sites (tertiary alicyclic amines) is 1. The van der Waals surface area contributed by atoms with Gasteiger partial charge in [0, 0.05) is 19.0 Å². The average molecular weight is 356 g/mol. The molecule has 0 N–H and O–H groups in total. The molecular weight excluding hydrogens is 334 g/mol. The van der Waals surface area contributed by atoms with Crippen LogP contribution in [0.4, 0.5) is 4.79 Å². The maximum absolute atomic E-state index is 11.8. The van der Waals surface area contributed by atoms with Crippen LogP contribution in [0, 0.1) is 12.8 Å². The smallest absolute Gasteiger partial charge is 0.410 e. The lowest BCUT2D eigenvalue weighted by molar-refractivity contribution is -0.00785. The summed E-state index contributed by atoms with van der Waals surface area (Å²) in [6.45, 7) is 9.66. The van der Waals surface area contributed by atoms with E-state index in [1.54, 1.807) is 4.90 Å². The number of ether oxygens (including phenoxy) is 2. The first-order valence-electron chi connectivity index (χ1n) is 7.12. The first-order valence-corrected chi connectivity index (χ1v) is 7.91. The van der Waals surface area contributed by atoms with Crippen molar-refractivity contribution >= 4 is 22.0 Å². The van der Waals surface area contributed by atoms with Gasteiger partial charge in [-0.15, -0.1) is 0 Å². The third-order valence-electron chi connectivity index (χ3n) is 3.24. The van der Waals surface area contributed by atoms with Gasteiger partial charge in [0.1, 0.15) is 11.4 Å². The average Bonchev–Trinajstić information content (AvgIpc) is 2.30. The summed E-state index contributed by atoms with van der Waals surface area (Å²) in [5.41, 5.74) is 0.710. The Morgan fingerprint density at radius 3 is 2.67 bits per heavy atom. The molecule has 1 saturated heterocycles. The summed E-state index contributed by atoms with van der Waals surface area (Å²) < 4.78 is 12.1. The minimum absolute atomic E-state index is 0.240. The lowest BCUT2D eigenvalue weighted by atomic mass is 10.0. The second kappa shape index (κ2) is 6.26. The molecule has 0 spiro atoms. The SMILES string of the molecule is Cc1cccc(OCC2CN(C(=O)OC(C)(C)C)C2)c1Br. The molecular formula is C16H22BrNO3. The Balaban J connectivity index is 1.76. The highest BCUT2D eigenvalue weighted by Gasteiger charge is 2.34. The minimum atomic E-state index is -0.439. The van der Waals surface area contributed by atoms with Gasteiger partial charge in [0.25, 0.3) is 0 Å². The molecule has 116 valence electrons. The molecule has 1 amide bonds. The molecule has 0 unspecified atom stereocenters. The Hall–Kier alpha value is -1.23. The van der Waals surface area contributed by atoms with Crippen molar-refractivity contribution in [3.05, 3.63) is 28.2 Å². The van der Waals surface area contributed by atoms with Crippen molar-refractivity contribution in [1.29, 1.82) is 0 Å². The van der Waals surface area contributed by atoms with Gasteiger partial charge in [0.15, 0.2) is 0 Å².